The predicted octanol–water partition coefficient (Wildman–Crippen LogP) is 6.48. The van der Waals surface area contributed by atoms with Gasteiger partial charge in [-0.1, -0.05) is 140 Å². The Morgan fingerprint density at radius 1 is 0.671 bits per heavy atom. The first-order chi connectivity index (χ1) is 33.7. The van der Waals surface area contributed by atoms with Gasteiger partial charge < -0.3 is 48.1 Å². The number of likely N-dealkylation sites (tertiary alicyclic amines) is 1. The van der Waals surface area contributed by atoms with Gasteiger partial charge in [-0.25, -0.2) is 4.79 Å². The number of rotatable bonds is 39. The van der Waals surface area contributed by atoms with Gasteiger partial charge in [-0.05, 0) is 95.7 Å². The lowest BCUT2D eigenvalue weighted by molar-refractivity contribution is -0.145. The Morgan fingerprint density at radius 2 is 1.21 bits per heavy atom. The van der Waals surface area contributed by atoms with Crippen molar-refractivity contribution in [3.63, 3.8) is 0 Å². The molecule has 0 spiro atoms. The zero-order valence-corrected chi connectivity index (χ0v) is 43.3. The first-order valence-electron chi connectivity index (χ1n) is 26.8. The SMILES string of the molecule is C=C(C)C[C@H](NC(=O)CCCCCCCCCCCCCCC)C(=O)N[C@H](C(=O)N[C@@H](CCCCN)C(=O)N[C@@H](CCCCN)C(=O)N1CCC[C@H]1C(=O)N[C@@H](Cc1ccccc1)C(=O)O)[C@@H](C)CC. The molecule has 0 aliphatic carbocycles. The van der Waals surface area contributed by atoms with Crippen molar-refractivity contribution >= 4 is 41.4 Å². The Morgan fingerprint density at radius 3 is 1.76 bits per heavy atom. The molecular formula is C54H92N8O8. The van der Waals surface area contributed by atoms with Crippen LogP contribution >= 0.6 is 0 Å². The molecule has 2 rings (SSSR count). The van der Waals surface area contributed by atoms with E-state index < -0.39 is 71.8 Å². The molecule has 0 aromatic heterocycles. The first kappa shape index (κ1) is 61.3. The van der Waals surface area contributed by atoms with Crippen molar-refractivity contribution in [2.75, 3.05) is 19.6 Å². The second kappa shape index (κ2) is 36.1. The molecule has 1 heterocycles. The van der Waals surface area contributed by atoms with Crippen molar-refractivity contribution in [1.82, 2.24) is 31.5 Å². The Bertz CT molecular complexity index is 1730. The number of hydrogen-bond acceptors (Lipinski definition) is 9. The monoisotopic (exact) mass is 981 g/mol. The number of unbranched alkanes of at least 4 members (excludes halogenated alkanes) is 14. The molecule has 1 fully saturated rings. The quantitative estimate of drug-likeness (QED) is 0.0263. The Labute approximate surface area is 419 Å². The lowest BCUT2D eigenvalue weighted by Gasteiger charge is -2.31. The molecule has 0 unspecified atom stereocenters. The molecule has 1 aromatic rings. The minimum atomic E-state index is -1.22. The van der Waals surface area contributed by atoms with Crippen LogP contribution in [0.5, 0.6) is 0 Å². The van der Waals surface area contributed by atoms with Crippen molar-refractivity contribution in [1.29, 1.82) is 0 Å². The molecule has 0 radical (unpaired) electrons. The molecule has 396 valence electrons. The van der Waals surface area contributed by atoms with E-state index in [0.29, 0.717) is 70.0 Å². The third-order valence-electron chi connectivity index (χ3n) is 13.4. The number of benzene rings is 1. The summed E-state index contributed by atoms with van der Waals surface area (Å²) in [5, 5.41) is 24.1. The van der Waals surface area contributed by atoms with E-state index in [1.807, 2.05) is 19.9 Å². The summed E-state index contributed by atoms with van der Waals surface area (Å²) < 4.78 is 0. The van der Waals surface area contributed by atoms with Crippen LogP contribution in [0.4, 0.5) is 0 Å². The highest BCUT2D eigenvalue weighted by atomic mass is 16.4. The molecule has 1 aromatic carbocycles. The second-order valence-electron chi connectivity index (χ2n) is 19.6. The summed E-state index contributed by atoms with van der Waals surface area (Å²) in [7, 11) is 0. The van der Waals surface area contributed by atoms with Crippen molar-refractivity contribution in [3.8, 4) is 0 Å². The molecule has 1 aliphatic heterocycles. The largest absolute Gasteiger partial charge is 0.480 e. The van der Waals surface area contributed by atoms with E-state index in [2.05, 4.69) is 40.1 Å². The lowest BCUT2D eigenvalue weighted by atomic mass is 9.96. The number of carbonyl (C=O) groups is 7. The zero-order valence-electron chi connectivity index (χ0n) is 43.3. The minimum absolute atomic E-state index is 0.0599. The highest BCUT2D eigenvalue weighted by molar-refractivity contribution is 5.97. The smallest absolute Gasteiger partial charge is 0.326 e. The molecular weight excluding hydrogens is 889 g/mol. The van der Waals surface area contributed by atoms with E-state index in [1.165, 1.54) is 62.7 Å². The summed E-state index contributed by atoms with van der Waals surface area (Å²) in [6, 6.07) is 2.58. The number of carbonyl (C=O) groups excluding carboxylic acids is 6. The van der Waals surface area contributed by atoms with Gasteiger partial charge in [-0.3, -0.25) is 28.8 Å². The molecule has 16 heteroatoms. The summed E-state index contributed by atoms with van der Waals surface area (Å²) in [5.74, 6) is -4.62. The van der Waals surface area contributed by atoms with Crippen LogP contribution in [-0.4, -0.2) is 107 Å². The number of nitrogens with one attached hydrogen (secondary N) is 5. The highest BCUT2D eigenvalue weighted by Gasteiger charge is 2.40. The van der Waals surface area contributed by atoms with Gasteiger partial charge in [0.1, 0.15) is 36.3 Å². The van der Waals surface area contributed by atoms with Crippen molar-refractivity contribution in [2.45, 2.75) is 224 Å². The number of carboxylic acids is 1. The highest BCUT2D eigenvalue weighted by Crippen LogP contribution is 2.22. The van der Waals surface area contributed by atoms with Crippen molar-refractivity contribution in [2.24, 2.45) is 17.4 Å². The molecule has 70 heavy (non-hydrogen) atoms. The van der Waals surface area contributed by atoms with Crippen LogP contribution in [0, 0.1) is 5.92 Å². The van der Waals surface area contributed by atoms with E-state index >= 15 is 0 Å². The van der Waals surface area contributed by atoms with Crippen LogP contribution in [0.1, 0.15) is 187 Å². The van der Waals surface area contributed by atoms with E-state index in [1.54, 1.807) is 31.2 Å². The van der Waals surface area contributed by atoms with Crippen LogP contribution < -0.4 is 38.1 Å². The Hall–Kier alpha value is -4.83. The normalized spacial score (nSPS) is 16.0. The number of nitrogens with zero attached hydrogens (tertiary/aromatic N) is 1. The maximum atomic E-state index is 14.3. The molecule has 1 aliphatic rings. The lowest BCUT2D eigenvalue weighted by Crippen LogP contribution is -2.60. The third kappa shape index (κ3) is 24.3. The van der Waals surface area contributed by atoms with Gasteiger partial charge in [0, 0.05) is 19.4 Å². The number of hydrogen-bond donors (Lipinski definition) is 8. The van der Waals surface area contributed by atoms with Crippen molar-refractivity contribution < 1.29 is 38.7 Å². The van der Waals surface area contributed by atoms with Gasteiger partial charge in [-0.2, -0.15) is 0 Å². The molecule has 1 saturated heterocycles. The third-order valence-corrected chi connectivity index (χ3v) is 13.4. The van der Waals surface area contributed by atoms with Crippen LogP contribution in [0.3, 0.4) is 0 Å². The van der Waals surface area contributed by atoms with Gasteiger partial charge in [0.2, 0.25) is 35.4 Å². The summed E-state index contributed by atoms with van der Waals surface area (Å²) in [6.07, 6.45) is 19.9. The number of amides is 6. The zero-order chi connectivity index (χ0) is 51.7. The fourth-order valence-electron chi connectivity index (χ4n) is 8.95. The standard InChI is InChI=1S/C54H92N8O8/c1-6-8-9-10-11-12-13-14-15-16-17-18-22-33-47(63)57-44(37-39(3)4)50(65)61-48(40(5)7-2)52(67)58-42(30-23-25-34-55)49(64)59-43(31-24-26-35-56)53(68)62-36-27-32-46(62)51(66)60-45(54(69)70)38-41-28-20-19-21-29-41/h19-21,28-29,40,42-46,48H,3,6-18,22-27,30-38,55-56H2,1-2,4-5H3,(H,57,63)(H,58,67)(H,59,64)(H,60,66)(H,61,65)(H,69,70)/t40-,42-,43-,44-,45-,46-,48-/m0/s1. The Kier molecular flexibility index (Phi) is 31.6. The van der Waals surface area contributed by atoms with Crippen LogP contribution in [0.2, 0.25) is 0 Å². The second-order valence-corrected chi connectivity index (χ2v) is 19.6. The molecule has 7 atom stereocenters. The minimum Gasteiger partial charge on any atom is -0.480 e. The van der Waals surface area contributed by atoms with Gasteiger partial charge in [0.15, 0.2) is 0 Å². The summed E-state index contributed by atoms with van der Waals surface area (Å²) in [4.78, 5) is 97.2. The molecule has 16 nitrogen and oxygen atoms in total. The average molecular weight is 981 g/mol. The van der Waals surface area contributed by atoms with E-state index in [0.717, 1.165) is 24.8 Å². The van der Waals surface area contributed by atoms with E-state index in [-0.39, 0.29) is 50.5 Å². The van der Waals surface area contributed by atoms with Gasteiger partial charge in [0.05, 0.1) is 0 Å². The van der Waals surface area contributed by atoms with Crippen LogP contribution in [0.15, 0.2) is 42.5 Å². The average Bonchev–Trinajstić information content (AvgIpc) is 3.84. The Balaban J connectivity index is 2.14. The maximum Gasteiger partial charge on any atom is 0.326 e. The summed E-state index contributed by atoms with van der Waals surface area (Å²) >= 11 is 0. The first-order valence-corrected chi connectivity index (χ1v) is 26.8. The van der Waals surface area contributed by atoms with Gasteiger partial charge >= 0.3 is 5.97 Å². The van der Waals surface area contributed by atoms with Crippen LogP contribution in [0.25, 0.3) is 0 Å². The predicted molar refractivity (Wildman–Crippen MR) is 277 cm³/mol. The molecule has 0 saturated carbocycles. The number of aliphatic carboxylic acids is 1. The molecule has 0 bridgehead atoms. The van der Waals surface area contributed by atoms with E-state index in [9.17, 15) is 38.7 Å². The van der Waals surface area contributed by atoms with Gasteiger partial charge in [0.25, 0.3) is 0 Å². The molecule has 6 amide bonds. The summed E-state index contributed by atoms with van der Waals surface area (Å²) in [5.41, 5.74) is 13.0. The number of nitrogens with two attached hydrogens (primary N) is 2. The number of carboxylic acid groups (broad SMARTS) is 1. The van der Waals surface area contributed by atoms with Crippen LogP contribution in [-0.2, 0) is 40.0 Å². The topological polar surface area (TPSA) is 255 Å². The molecule has 10 N–H and O–H groups in total. The fraction of sp³-hybridized carbons (Fsp3) is 0.722. The fourth-order valence-corrected chi connectivity index (χ4v) is 8.95. The van der Waals surface area contributed by atoms with Gasteiger partial charge in [-0.15, -0.1) is 6.58 Å². The maximum absolute atomic E-state index is 14.3. The summed E-state index contributed by atoms with van der Waals surface area (Å²) in [6.45, 7) is 12.6. The van der Waals surface area contributed by atoms with Crippen molar-refractivity contribution in [3.05, 3.63) is 48.0 Å². The van der Waals surface area contributed by atoms with E-state index in [4.69, 9.17) is 11.5 Å².